The Balaban J connectivity index is 2.85. The van der Waals surface area contributed by atoms with Gasteiger partial charge in [0.05, 0.1) is 17.3 Å². The molecule has 7 nitrogen and oxygen atoms in total. The Hall–Kier alpha value is -2.15. The van der Waals surface area contributed by atoms with Gasteiger partial charge in [0, 0.05) is 6.20 Å². The molecule has 0 saturated heterocycles. The molecule has 0 aromatic carbocycles. The van der Waals surface area contributed by atoms with E-state index >= 15 is 0 Å². The molecule has 1 unspecified atom stereocenters. The molecule has 2 amide bonds. The molecule has 1 heterocycles. The van der Waals surface area contributed by atoms with E-state index in [9.17, 15) is 9.59 Å². The Morgan fingerprint density at radius 2 is 2.25 bits per heavy atom. The maximum Gasteiger partial charge on any atom is 0.337 e. The minimum atomic E-state index is -1.07. The molecule has 0 fully saturated rings. The predicted molar refractivity (Wildman–Crippen MR) is 55.5 cm³/mol. The number of nitrogens with zero attached hydrogens (tertiary/aromatic N) is 1. The van der Waals surface area contributed by atoms with E-state index in [0.717, 1.165) is 0 Å². The fourth-order valence-corrected chi connectivity index (χ4v) is 1.19. The van der Waals surface area contributed by atoms with Crippen molar-refractivity contribution in [3.63, 3.8) is 0 Å². The monoisotopic (exact) mass is 224 g/mol. The van der Waals surface area contributed by atoms with Gasteiger partial charge in [0.25, 0.3) is 0 Å². The van der Waals surface area contributed by atoms with Crippen LogP contribution in [0.25, 0.3) is 0 Å². The number of rotatable bonds is 4. The fraction of sp³-hybridized carbons (Fsp3) is 0.222. The number of hydrazine groups is 1. The largest absolute Gasteiger partial charge is 0.478 e. The second-order valence-corrected chi connectivity index (χ2v) is 3.10. The highest BCUT2D eigenvalue weighted by atomic mass is 16.4. The average Bonchev–Trinajstić information content (AvgIpc) is 2.25. The van der Waals surface area contributed by atoms with Crippen molar-refractivity contribution in [1.82, 2.24) is 15.8 Å². The summed E-state index contributed by atoms with van der Waals surface area (Å²) in [6.07, 6.45) is 1.48. The fourth-order valence-electron chi connectivity index (χ4n) is 1.19. The van der Waals surface area contributed by atoms with Crippen molar-refractivity contribution in [1.29, 1.82) is 0 Å². The van der Waals surface area contributed by atoms with Crippen molar-refractivity contribution < 1.29 is 14.7 Å². The summed E-state index contributed by atoms with van der Waals surface area (Å²) in [4.78, 5) is 25.3. The van der Waals surface area contributed by atoms with Crippen LogP contribution in [0.5, 0.6) is 0 Å². The molecule has 7 heteroatoms. The highest BCUT2D eigenvalue weighted by molar-refractivity contribution is 5.88. The lowest BCUT2D eigenvalue weighted by atomic mass is 10.1. The van der Waals surface area contributed by atoms with E-state index in [1.54, 1.807) is 6.92 Å². The molecule has 1 rings (SSSR count). The minimum Gasteiger partial charge on any atom is -0.478 e. The molecule has 0 saturated carbocycles. The number of pyridine rings is 1. The number of amides is 2. The third kappa shape index (κ3) is 2.92. The van der Waals surface area contributed by atoms with Crippen LogP contribution in [0.3, 0.4) is 0 Å². The van der Waals surface area contributed by atoms with Gasteiger partial charge >= 0.3 is 12.0 Å². The van der Waals surface area contributed by atoms with Crippen molar-refractivity contribution in [2.45, 2.75) is 13.0 Å². The molecule has 16 heavy (non-hydrogen) atoms. The van der Waals surface area contributed by atoms with E-state index < -0.39 is 18.0 Å². The number of nitrogens with one attached hydrogen (secondary N) is 2. The van der Waals surface area contributed by atoms with Crippen molar-refractivity contribution >= 4 is 12.0 Å². The zero-order valence-electron chi connectivity index (χ0n) is 8.60. The molecular formula is C9H12N4O3. The highest BCUT2D eigenvalue weighted by Crippen LogP contribution is 2.13. The van der Waals surface area contributed by atoms with E-state index in [1.807, 2.05) is 0 Å². The lowest BCUT2D eigenvalue weighted by molar-refractivity contribution is 0.0694. The Morgan fingerprint density at radius 3 is 2.81 bits per heavy atom. The first kappa shape index (κ1) is 11.9. The molecule has 0 aliphatic rings. The first-order valence-electron chi connectivity index (χ1n) is 4.51. The third-order valence-electron chi connectivity index (χ3n) is 1.89. The van der Waals surface area contributed by atoms with Crippen molar-refractivity contribution in [2.24, 2.45) is 5.73 Å². The first-order chi connectivity index (χ1) is 7.52. The summed E-state index contributed by atoms with van der Waals surface area (Å²) in [5.74, 6) is -1.07. The van der Waals surface area contributed by atoms with Gasteiger partial charge in [-0.2, -0.15) is 0 Å². The Kier molecular flexibility index (Phi) is 3.78. The maximum absolute atomic E-state index is 10.9. The smallest absolute Gasteiger partial charge is 0.337 e. The Labute approximate surface area is 91.6 Å². The number of carbonyl (C=O) groups excluding carboxylic acids is 1. The van der Waals surface area contributed by atoms with Crippen LogP contribution >= 0.6 is 0 Å². The van der Waals surface area contributed by atoms with E-state index in [4.69, 9.17) is 10.8 Å². The zero-order valence-corrected chi connectivity index (χ0v) is 8.60. The Bertz CT molecular complexity index is 407. The number of hydrogen-bond acceptors (Lipinski definition) is 4. The van der Waals surface area contributed by atoms with Gasteiger partial charge in [-0.05, 0) is 19.1 Å². The molecule has 0 aliphatic carbocycles. The van der Waals surface area contributed by atoms with Crippen LogP contribution in [0.15, 0.2) is 18.3 Å². The normalized spacial score (nSPS) is 11.8. The van der Waals surface area contributed by atoms with Crippen LogP contribution in [0, 0.1) is 0 Å². The lowest BCUT2D eigenvalue weighted by Gasteiger charge is -2.14. The maximum atomic E-state index is 10.9. The van der Waals surface area contributed by atoms with Crippen LogP contribution in [0.4, 0.5) is 4.79 Å². The molecule has 0 aliphatic heterocycles. The molecular weight excluding hydrogens is 212 g/mol. The van der Waals surface area contributed by atoms with E-state index in [2.05, 4.69) is 15.8 Å². The predicted octanol–water partition coefficient (Wildman–Crippen LogP) is 0.0137. The van der Waals surface area contributed by atoms with Gasteiger partial charge in [-0.25, -0.2) is 15.0 Å². The summed E-state index contributed by atoms with van der Waals surface area (Å²) in [6, 6.07) is 1.76. The van der Waals surface area contributed by atoms with Crippen LogP contribution < -0.4 is 16.6 Å². The summed E-state index contributed by atoms with van der Waals surface area (Å²) < 4.78 is 0. The minimum absolute atomic E-state index is 0.0776. The number of carboxylic acids is 1. The number of nitrogens with two attached hydrogens (primary N) is 1. The molecule has 0 spiro atoms. The highest BCUT2D eigenvalue weighted by Gasteiger charge is 2.16. The molecule has 1 aromatic rings. The summed E-state index contributed by atoms with van der Waals surface area (Å²) in [5.41, 5.74) is 9.98. The number of primary amides is 1. The summed E-state index contributed by atoms with van der Waals surface area (Å²) in [6.45, 7) is 1.66. The third-order valence-corrected chi connectivity index (χ3v) is 1.89. The molecule has 1 aromatic heterocycles. The van der Waals surface area contributed by atoms with E-state index in [1.165, 1.54) is 18.3 Å². The number of hydrogen-bond donors (Lipinski definition) is 4. The van der Waals surface area contributed by atoms with Crippen LogP contribution in [0.1, 0.15) is 29.0 Å². The second-order valence-electron chi connectivity index (χ2n) is 3.10. The van der Waals surface area contributed by atoms with E-state index in [0.29, 0.717) is 5.69 Å². The average molecular weight is 224 g/mol. The SMILES string of the molecule is CC(NNC(N)=O)c1ncccc1C(=O)O. The molecule has 5 N–H and O–H groups in total. The topological polar surface area (TPSA) is 117 Å². The standard InChI is InChI=1S/C9H12N4O3/c1-5(12-13-9(10)16)7-6(8(14)15)3-2-4-11-7/h2-5,12H,1H3,(H,14,15)(H3,10,13,16). The summed E-state index contributed by atoms with van der Waals surface area (Å²) >= 11 is 0. The van der Waals surface area contributed by atoms with Gasteiger partial charge in [-0.1, -0.05) is 0 Å². The van der Waals surface area contributed by atoms with Crippen LogP contribution in [-0.2, 0) is 0 Å². The molecule has 0 radical (unpaired) electrons. The van der Waals surface area contributed by atoms with Gasteiger partial charge in [-0.3, -0.25) is 10.4 Å². The summed E-state index contributed by atoms with van der Waals surface area (Å²) in [5, 5.41) is 8.91. The van der Waals surface area contributed by atoms with Crippen molar-refractivity contribution in [3.8, 4) is 0 Å². The number of aromatic nitrogens is 1. The lowest BCUT2D eigenvalue weighted by Crippen LogP contribution is -2.42. The first-order valence-corrected chi connectivity index (χ1v) is 4.51. The van der Waals surface area contributed by atoms with Gasteiger partial charge in [0.1, 0.15) is 0 Å². The van der Waals surface area contributed by atoms with Crippen LogP contribution in [-0.4, -0.2) is 22.1 Å². The number of carboxylic acid groups (broad SMARTS) is 1. The van der Waals surface area contributed by atoms with Gasteiger partial charge < -0.3 is 10.8 Å². The van der Waals surface area contributed by atoms with E-state index in [-0.39, 0.29) is 5.56 Å². The molecule has 0 bridgehead atoms. The van der Waals surface area contributed by atoms with Crippen molar-refractivity contribution in [3.05, 3.63) is 29.6 Å². The molecule has 1 atom stereocenters. The molecule has 86 valence electrons. The number of carbonyl (C=O) groups is 2. The summed E-state index contributed by atoms with van der Waals surface area (Å²) in [7, 11) is 0. The second kappa shape index (κ2) is 5.08. The zero-order chi connectivity index (χ0) is 12.1. The van der Waals surface area contributed by atoms with Crippen LogP contribution in [0.2, 0.25) is 0 Å². The van der Waals surface area contributed by atoms with Gasteiger partial charge in [0.2, 0.25) is 0 Å². The number of aromatic carboxylic acids is 1. The number of urea groups is 1. The Morgan fingerprint density at radius 1 is 1.56 bits per heavy atom. The quantitative estimate of drug-likeness (QED) is 0.537. The van der Waals surface area contributed by atoms with Crippen molar-refractivity contribution in [2.75, 3.05) is 0 Å². The van der Waals surface area contributed by atoms with Gasteiger partial charge in [0.15, 0.2) is 0 Å². The van der Waals surface area contributed by atoms with Gasteiger partial charge in [-0.15, -0.1) is 0 Å².